The quantitative estimate of drug-likeness (QED) is 0.893. The molecule has 1 unspecified atom stereocenters. The maximum absolute atomic E-state index is 13.0. The zero-order valence-corrected chi connectivity index (χ0v) is 10.4. The molecule has 84 valence electrons. The largest absolute Gasteiger partial charge is 0.383 e. The van der Waals surface area contributed by atoms with Crippen molar-refractivity contribution in [3.8, 4) is 0 Å². The minimum Gasteiger partial charge on any atom is -0.383 e. The molecule has 0 saturated carbocycles. The summed E-state index contributed by atoms with van der Waals surface area (Å²) in [6.45, 7) is 0. The third-order valence-electron chi connectivity index (χ3n) is 2.12. The van der Waals surface area contributed by atoms with Crippen molar-refractivity contribution in [1.82, 2.24) is 0 Å². The number of hydrogen-bond acceptors (Lipinski definition) is 2. The monoisotopic (exact) mass is 304 g/mol. The molecule has 0 aliphatic carbocycles. The number of hydrogen-bond donors (Lipinski definition) is 1. The lowest BCUT2D eigenvalue weighted by molar-refractivity contribution is 0.223. The minimum absolute atomic E-state index is 0.341. The SMILES string of the molecule is OC(c1ccc(F)c(F)c1)c1ccc(Br)s1. The van der Waals surface area contributed by atoms with Gasteiger partial charge in [-0.05, 0) is 45.8 Å². The molecule has 5 heteroatoms. The summed E-state index contributed by atoms with van der Waals surface area (Å²) in [6.07, 6.45) is -0.925. The van der Waals surface area contributed by atoms with E-state index in [1.54, 1.807) is 12.1 Å². The highest BCUT2D eigenvalue weighted by Gasteiger charge is 2.14. The van der Waals surface area contributed by atoms with Gasteiger partial charge in [0.1, 0.15) is 6.10 Å². The Hall–Kier alpha value is -0.780. The van der Waals surface area contributed by atoms with Crippen molar-refractivity contribution in [2.75, 3.05) is 0 Å². The van der Waals surface area contributed by atoms with Crippen molar-refractivity contribution in [3.05, 3.63) is 56.2 Å². The number of thiophene rings is 1. The lowest BCUT2D eigenvalue weighted by atomic mass is 10.1. The Morgan fingerprint density at radius 2 is 1.88 bits per heavy atom. The number of benzene rings is 1. The Balaban J connectivity index is 2.33. The van der Waals surface area contributed by atoms with Gasteiger partial charge in [0, 0.05) is 4.88 Å². The van der Waals surface area contributed by atoms with Gasteiger partial charge in [-0.15, -0.1) is 11.3 Å². The summed E-state index contributed by atoms with van der Waals surface area (Å²) in [5, 5.41) is 9.92. The first kappa shape index (κ1) is 11.7. The molecule has 0 saturated heterocycles. The van der Waals surface area contributed by atoms with Crippen molar-refractivity contribution >= 4 is 27.3 Å². The van der Waals surface area contributed by atoms with E-state index in [0.717, 1.165) is 15.9 Å². The molecule has 0 aliphatic rings. The second kappa shape index (κ2) is 4.61. The molecule has 0 amide bonds. The number of aliphatic hydroxyl groups is 1. The second-order valence-electron chi connectivity index (χ2n) is 3.22. The van der Waals surface area contributed by atoms with Gasteiger partial charge in [0.05, 0.1) is 3.79 Å². The smallest absolute Gasteiger partial charge is 0.159 e. The molecular formula is C11H7BrF2OS. The first-order chi connectivity index (χ1) is 7.58. The van der Waals surface area contributed by atoms with Crippen LogP contribution in [0, 0.1) is 11.6 Å². The van der Waals surface area contributed by atoms with E-state index in [4.69, 9.17) is 0 Å². The highest BCUT2D eigenvalue weighted by Crippen LogP contribution is 2.31. The summed E-state index contributed by atoms with van der Waals surface area (Å²) in [5.41, 5.74) is 0.341. The summed E-state index contributed by atoms with van der Waals surface area (Å²) in [6, 6.07) is 6.92. The Morgan fingerprint density at radius 1 is 1.12 bits per heavy atom. The highest BCUT2D eigenvalue weighted by molar-refractivity contribution is 9.11. The fraction of sp³-hybridized carbons (Fsp3) is 0.0909. The van der Waals surface area contributed by atoms with E-state index in [1.807, 2.05) is 0 Å². The fourth-order valence-corrected chi connectivity index (χ4v) is 2.76. The summed E-state index contributed by atoms with van der Waals surface area (Å²) in [5.74, 6) is -1.87. The third kappa shape index (κ3) is 2.31. The molecule has 1 aromatic carbocycles. The van der Waals surface area contributed by atoms with Crippen LogP contribution in [0.4, 0.5) is 8.78 Å². The Bertz CT molecular complexity index is 512. The van der Waals surface area contributed by atoms with E-state index in [1.165, 1.54) is 17.4 Å². The Labute approximate surface area is 103 Å². The standard InChI is InChI=1S/C11H7BrF2OS/c12-10-4-3-9(16-10)11(15)6-1-2-7(13)8(14)5-6/h1-5,11,15H. The lowest BCUT2D eigenvalue weighted by Gasteiger charge is -2.08. The molecule has 0 spiro atoms. The molecule has 2 rings (SSSR count). The molecule has 0 fully saturated rings. The van der Waals surface area contributed by atoms with E-state index >= 15 is 0 Å². The fourth-order valence-electron chi connectivity index (χ4n) is 1.32. The normalized spacial score (nSPS) is 12.8. The van der Waals surface area contributed by atoms with E-state index in [0.29, 0.717) is 10.4 Å². The van der Waals surface area contributed by atoms with E-state index in [-0.39, 0.29) is 0 Å². The van der Waals surface area contributed by atoms with Crippen LogP contribution >= 0.6 is 27.3 Å². The van der Waals surface area contributed by atoms with Crippen molar-refractivity contribution in [3.63, 3.8) is 0 Å². The van der Waals surface area contributed by atoms with Crippen molar-refractivity contribution < 1.29 is 13.9 Å². The van der Waals surface area contributed by atoms with Crippen LogP contribution in [0.1, 0.15) is 16.5 Å². The zero-order chi connectivity index (χ0) is 11.7. The van der Waals surface area contributed by atoms with Gasteiger partial charge >= 0.3 is 0 Å². The van der Waals surface area contributed by atoms with Gasteiger partial charge in [0.25, 0.3) is 0 Å². The molecule has 1 nitrogen and oxygen atoms in total. The van der Waals surface area contributed by atoms with Crippen LogP contribution in [0.15, 0.2) is 34.1 Å². The molecular weight excluding hydrogens is 298 g/mol. The molecule has 0 aliphatic heterocycles. The first-order valence-corrected chi connectivity index (χ1v) is 6.07. The average molecular weight is 305 g/mol. The van der Waals surface area contributed by atoms with Crippen molar-refractivity contribution in [1.29, 1.82) is 0 Å². The second-order valence-corrected chi connectivity index (χ2v) is 5.71. The van der Waals surface area contributed by atoms with Crippen molar-refractivity contribution in [2.45, 2.75) is 6.10 Å². The molecule has 1 heterocycles. The predicted octanol–water partition coefficient (Wildman–Crippen LogP) is 3.87. The van der Waals surface area contributed by atoms with Gasteiger partial charge in [-0.25, -0.2) is 8.78 Å². The van der Waals surface area contributed by atoms with Gasteiger partial charge in [0.15, 0.2) is 11.6 Å². The highest BCUT2D eigenvalue weighted by atomic mass is 79.9. The van der Waals surface area contributed by atoms with Gasteiger partial charge in [-0.3, -0.25) is 0 Å². The summed E-state index contributed by atoms with van der Waals surface area (Å²) in [4.78, 5) is 0.679. The first-order valence-electron chi connectivity index (χ1n) is 4.46. The average Bonchev–Trinajstić information content (AvgIpc) is 2.68. The third-order valence-corrected chi connectivity index (χ3v) is 3.80. The molecule has 0 radical (unpaired) electrons. The maximum Gasteiger partial charge on any atom is 0.159 e. The van der Waals surface area contributed by atoms with Gasteiger partial charge in [-0.1, -0.05) is 6.07 Å². The minimum atomic E-state index is -0.952. The molecule has 1 aromatic heterocycles. The van der Waals surface area contributed by atoms with Gasteiger partial charge < -0.3 is 5.11 Å². The topological polar surface area (TPSA) is 20.2 Å². The van der Waals surface area contributed by atoms with Crippen LogP contribution in [-0.2, 0) is 0 Å². The maximum atomic E-state index is 13.0. The Morgan fingerprint density at radius 3 is 2.44 bits per heavy atom. The van der Waals surface area contributed by atoms with E-state index < -0.39 is 17.7 Å². The van der Waals surface area contributed by atoms with Crippen LogP contribution in [-0.4, -0.2) is 5.11 Å². The summed E-state index contributed by atoms with van der Waals surface area (Å²) in [7, 11) is 0. The molecule has 1 atom stereocenters. The predicted molar refractivity (Wildman–Crippen MR) is 62.4 cm³/mol. The Kier molecular flexibility index (Phi) is 3.37. The van der Waals surface area contributed by atoms with Crippen LogP contribution < -0.4 is 0 Å². The van der Waals surface area contributed by atoms with E-state index in [2.05, 4.69) is 15.9 Å². The molecule has 1 N–H and O–H groups in total. The molecule has 16 heavy (non-hydrogen) atoms. The molecule has 0 bridgehead atoms. The zero-order valence-electron chi connectivity index (χ0n) is 7.95. The number of rotatable bonds is 2. The van der Waals surface area contributed by atoms with Crippen molar-refractivity contribution in [2.24, 2.45) is 0 Å². The lowest BCUT2D eigenvalue weighted by Crippen LogP contribution is -1.98. The van der Waals surface area contributed by atoms with Crippen LogP contribution in [0.5, 0.6) is 0 Å². The van der Waals surface area contributed by atoms with Crippen LogP contribution in [0.2, 0.25) is 0 Å². The summed E-state index contributed by atoms with van der Waals surface area (Å²) < 4.78 is 26.6. The number of aliphatic hydroxyl groups excluding tert-OH is 1. The summed E-state index contributed by atoms with van der Waals surface area (Å²) >= 11 is 4.62. The van der Waals surface area contributed by atoms with Crippen LogP contribution in [0.25, 0.3) is 0 Å². The van der Waals surface area contributed by atoms with Gasteiger partial charge in [-0.2, -0.15) is 0 Å². The number of halogens is 3. The molecule has 2 aromatic rings. The van der Waals surface area contributed by atoms with Crippen LogP contribution in [0.3, 0.4) is 0 Å². The van der Waals surface area contributed by atoms with Gasteiger partial charge in [0.2, 0.25) is 0 Å². The van der Waals surface area contributed by atoms with E-state index in [9.17, 15) is 13.9 Å².